The summed E-state index contributed by atoms with van der Waals surface area (Å²) in [6.07, 6.45) is -0.992. The van der Waals surface area contributed by atoms with Gasteiger partial charge in [-0.2, -0.15) is 0 Å². The first-order chi connectivity index (χ1) is 18.2. The van der Waals surface area contributed by atoms with Crippen molar-refractivity contribution < 1.29 is 33.4 Å². The van der Waals surface area contributed by atoms with Crippen molar-refractivity contribution in [3.63, 3.8) is 0 Å². The zero-order valence-electron chi connectivity index (χ0n) is 20.2. The normalized spacial score (nSPS) is 16.6. The maximum Gasteiger partial charge on any atom is 0.415 e. The van der Waals surface area contributed by atoms with Crippen molar-refractivity contribution in [2.45, 2.75) is 18.9 Å². The highest BCUT2D eigenvalue weighted by molar-refractivity contribution is 5.94. The van der Waals surface area contributed by atoms with Gasteiger partial charge in [0.2, 0.25) is 0 Å². The Morgan fingerprint density at radius 3 is 2.82 bits per heavy atom. The minimum atomic E-state index is -1.21. The maximum absolute atomic E-state index is 14.7. The second kappa shape index (κ2) is 9.95. The number of hydrogen-bond donors (Lipinski definition) is 2. The van der Waals surface area contributed by atoms with Crippen LogP contribution in [0.25, 0.3) is 10.9 Å². The fourth-order valence-corrected chi connectivity index (χ4v) is 4.48. The van der Waals surface area contributed by atoms with Crippen LogP contribution in [0.2, 0.25) is 0 Å². The number of amides is 3. The molecule has 38 heavy (non-hydrogen) atoms. The average Bonchev–Trinajstić information content (AvgIpc) is 3.26. The number of anilines is 2. The van der Waals surface area contributed by atoms with Crippen LogP contribution < -0.4 is 20.5 Å². The summed E-state index contributed by atoms with van der Waals surface area (Å²) in [5.41, 5.74) is 0.357. The lowest BCUT2D eigenvalue weighted by molar-refractivity contribution is -0.118. The van der Waals surface area contributed by atoms with Crippen molar-refractivity contribution in [1.29, 1.82) is 0 Å². The number of halogens is 1. The van der Waals surface area contributed by atoms with Gasteiger partial charge < -0.3 is 29.4 Å². The molecule has 0 aliphatic carbocycles. The lowest BCUT2D eigenvalue weighted by atomic mass is 10.1. The molecular formula is C24H23FN6O7. The Balaban J connectivity index is 1.24. The molecule has 4 heterocycles. The van der Waals surface area contributed by atoms with E-state index in [1.54, 1.807) is 12.1 Å². The summed E-state index contributed by atoms with van der Waals surface area (Å²) in [4.78, 5) is 58.6. The minimum absolute atomic E-state index is 0.0200. The average molecular weight is 526 g/mol. The Morgan fingerprint density at radius 2 is 2.03 bits per heavy atom. The number of fused-ring (bicyclic) bond motifs is 2. The Morgan fingerprint density at radius 1 is 1.24 bits per heavy atom. The van der Waals surface area contributed by atoms with Crippen LogP contribution >= 0.6 is 0 Å². The molecule has 0 radical (unpaired) electrons. The van der Waals surface area contributed by atoms with Crippen molar-refractivity contribution in [3.05, 3.63) is 52.2 Å². The molecule has 0 spiro atoms. The number of benzene rings is 1. The Kier molecular flexibility index (Phi) is 6.53. The van der Waals surface area contributed by atoms with Gasteiger partial charge in [0.05, 0.1) is 18.3 Å². The number of aromatic nitrogens is 3. The smallest absolute Gasteiger partial charge is 0.415 e. The number of carbonyl (C=O) groups is 3. The fourth-order valence-electron chi connectivity index (χ4n) is 4.48. The van der Waals surface area contributed by atoms with Crippen LogP contribution in [0, 0.1) is 5.82 Å². The monoisotopic (exact) mass is 526 g/mol. The summed E-state index contributed by atoms with van der Waals surface area (Å²) in [5, 5.41) is 12.9. The third-order valence-corrected chi connectivity index (χ3v) is 6.43. The highest BCUT2D eigenvalue weighted by Crippen LogP contribution is 2.28. The van der Waals surface area contributed by atoms with Gasteiger partial charge in [-0.3, -0.25) is 14.5 Å². The summed E-state index contributed by atoms with van der Waals surface area (Å²) < 4.78 is 26.6. The van der Waals surface area contributed by atoms with Gasteiger partial charge >= 0.3 is 12.2 Å². The van der Waals surface area contributed by atoms with E-state index in [1.165, 1.54) is 34.8 Å². The van der Waals surface area contributed by atoms with Crippen LogP contribution in [0.3, 0.4) is 0 Å². The van der Waals surface area contributed by atoms with Crippen LogP contribution in [-0.2, 0) is 23.0 Å². The maximum atomic E-state index is 14.7. The standard InChI is InChI=1S/C24H23FN6O7/c1-29-19(33)5-3-13-2-4-16(25)15(20(13)29)7-9-30(23(34)35)8-6-14-11-31(24(36)38-14)17-10-26-22-21(27-17)28-18(32)12-37-22/h2-5,10,14H,6-9,11-12H2,1H3,(H,34,35)(H,27,28,32). The van der Waals surface area contributed by atoms with Gasteiger partial charge in [0.25, 0.3) is 17.3 Å². The molecule has 1 unspecified atom stereocenters. The number of nitrogens with one attached hydrogen (secondary N) is 1. The van der Waals surface area contributed by atoms with Gasteiger partial charge in [-0.1, -0.05) is 0 Å². The molecule has 2 aliphatic heterocycles. The van der Waals surface area contributed by atoms with Crippen molar-refractivity contribution in [2.24, 2.45) is 7.05 Å². The van der Waals surface area contributed by atoms with E-state index >= 15 is 0 Å². The highest BCUT2D eigenvalue weighted by atomic mass is 19.1. The van der Waals surface area contributed by atoms with E-state index in [9.17, 15) is 28.7 Å². The second-order valence-corrected chi connectivity index (χ2v) is 8.84. The molecule has 2 aliphatic rings. The molecule has 2 N–H and O–H groups in total. The van der Waals surface area contributed by atoms with Gasteiger partial charge in [-0.25, -0.2) is 23.9 Å². The number of rotatable bonds is 7. The highest BCUT2D eigenvalue weighted by Gasteiger charge is 2.35. The van der Waals surface area contributed by atoms with E-state index in [0.29, 0.717) is 10.9 Å². The Bertz CT molecular complexity index is 1510. The van der Waals surface area contributed by atoms with Crippen LogP contribution in [-0.4, -0.2) is 75.0 Å². The quantitative estimate of drug-likeness (QED) is 0.468. The largest absolute Gasteiger partial charge is 0.465 e. The molecule has 5 rings (SSSR count). The molecule has 13 nitrogen and oxygen atoms in total. The predicted octanol–water partition coefficient (Wildman–Crippen LogP) is 1.74. The van der Waals surface area contributed by atoms with E-state index < -0.39 is 30.0 Å². The zero-order chi connectivity index (χ0) is 27.0. The molecule has 0 bridgehead atoms. The van der Waals surface area contributed by atoms with Gasteiger partial charge in [0.15, 0.2) is 18.2 Å². The van der Waals surface area contributed by atoms with Gasteiger partial charge in [0.1, 0.15) is 11.9 Å². The lowest BCUT2D eigenvalue weighted by Gasteiger charge is -2.21. The second-order valence-electron chi connectivity index (χ2n) is 8.84. The first-order valence-corrected chi connectivity index (χ1v) is 11.7. The number of pyridine rings is 1. The lowest BCUT2D eigenvalue weighted by Crippen LogP contribution is -2.35. The first kappa shape index (κ1) is 24.9. The summed E-state index contributed by atoms with van der Waals surface area (Å²) in [6, 6.07) is 5.85. The van der Waals surface area contributed by atoms with Gasteiger partial charge in [0, 0.05) is 38.2 Å². The van der Waals surface area contributed by atoms with Crippen LogP contribution in [0.4, 0.5) is 25.6 Å². The van der Waals surface area contributed by atoms with E-state index in [4.69, 9.17) is 9.47 Å². The van der Waals surface area contributed by atoms with Crippen molar-refractivity contribution >= 4 is 40.6 Å². The van der Waals surface area contributed by atoms with E-state index in [0.717, 1.165) is 4.90 Å². The molecule has 3 aromatic rings. The number of carboxylic acid groups (broad SMARTS) is 1. The molecule has 1 fully saturated rings. The van der Waals surface area contributed by atoms with E-state index in [1.807, 2.05) is 0 Å². The first-order valence-electron chi connectivity index (χ1n) is 11.7. The molecule has 14 heteroatoms. The number of carbonyl (C=O) groups excluding carboxylic acids is 2. The summed E-state index contributed by atoms with van der Waals surface area (Å²) in [6.45, 7) is -0.101. The molecule has 0 saturated carbocycles. The van der Waals surface area contributed by atoms with Gasteiger partial charge in [-0.15, -0.1) is 0 Å². The fraction of sp³-hybridized carbons (Fsp3) is 0.333. The molecule has 1 saturated heterocycles. The minimum Gasteiger partial charge on any atom is -0.465 e. The van der Waals surface area contributed by atoms with Gasteiger partial charge in [-0.05, 0) is 30.0 Å². The van der Waals surface area contributed by atoms with Crippen LogP contribution in [0.5, 0.6) is 5.88 Å². The van der Waals surface area contributed by atoms with Crippen LogP contribution in [0.15, 0.2) is 35.3 Å². The third-order valence-electron chi connectivity index (χ3n) is 6.43. The van der Waals surface area contributed by atoms with Crippen molar-refractivity contribution in [1.82, 2.24) is 19.4 Å². The molecule has 1 atom stereocenters. The predicted molar refractivity (Wildman–Crippen MR) is 131 cm³/mol. The SMILES string of the molecule is Cn1c(=O)ccc2ccc(F)c(CCN(CCC3CN(c4cnc5c(n4)NC(=O)CO5)C(=O)O3)C(=O)O)c21. The van der Waals surface area contributed by atoms with Crippen LogP contribution in [0.1, 0.15) is 12.0 Å². The van der Waals surface area contributed by atoms with E-state index in [2.05, 4.69) is 15.3 Å². The van der Waals surface area contributed by atoms with Crippen molar-refractivity contribution in [2.75, 3.05) is 36.5 Å². The number of aryl methyl sites for hydroxylation is 1. The molecule has 1 aromatic carbocycles. The number of nitrogens with zero attached hydrogens (tertiary/aromatic N) is 5. The number of ether oxygens (including phenoxy) is 2. The Hall–Kier alpha value is -4.75. The number of hydrogen-bond acceptors (Lipinski definition) is 8. The summed E-state index contributed by atoms with van der Waals surface area (Å²) in [5.74, 6) is -0.556. The Labute approximate surface area is 214 Å². The van der Waals surface area contributed by atoms with Crippen molar-refractivity contribution in [3.8, 4) is 5.88 Å². The molecular weight excluding hydrogens is 503 g/mol. The summed E-state index contributed by atoms with van der Waals surface area (Å²) in [7, 11) is 1.54. The molecule has 3 amide bonds. The third kappa shape index (κ3) is 4.79. The topological polar surface area (TPSA) is 156 Å². The summed E-state index contributed by atoms with van der Waals surface area (Å²) >= 11 is 0. The van der Waals surface area contributed by atoms with E-state index in [-0.39, 0.29) is 67.7 Å². The molecule has 198 valence electrons. The molecule has 2 aromatic heterocycles. The number of cyclic esters (lactones) is 1. The zero-order valence-corrected chi connectivity index (χ0v) is 20.2.